The molecule has 2 rings (SSSR count). The van der Waals surface area contributed by atoms with Crippen molar-refractivity contribution in [2.24, 2.45) is 0 Å². The summed E-state index contributed by atoms with van der Waals surface area (Å²) in [5.41, 5.74) is 0.175. The zero-order chi connectivity index (χ0) is 14.0. The van der Waals surface area contributed by atoms with E-state index < -0.39 is 5.97 Å². The fraction of sp³-hybridized carbons (Fsp3) is 0.308. The maximum Gasteiger partial charge on any atom is 0.335 e. The number of halogens is 1. The first kappa shape index (κ1) is 13.5. The molecule has 0 spiro atoms. The van der Waals surface area contributed by atoms with E-state index in [0.29, 0.717) is 12.8 Å². The lowest BCUT2D eigenvalue weighted by molar-refractivity contribution is -0.125. The average molecular weight is 282 g/mol. The summed E-state index contributed by atoms with van der Waals surface area (Å²) in [5, 5.41) is 9.15. The summed E-state index contributed by atoms with van der Waals surface area (Å²) < 4.78 is 0. The van der Waals surface area contributed by atoms with E-state index in [1.54, 1.807) is 0 Å². The van der Waals surface area contributed by atoms with Gasteiger partial charge in [-0.1, -0.05) is 11.6 Å². The molecule has 0 aromatic heterocycles. The number of carboxylic acid groups (broad SMARTS) is 1. The van der Waals surface area contributed by atoms with E-state index in [-0.39, 0.29) is 40.9 Å². The van der Waals surface area contributed by atoms with Gasteiger partial charge in [0.2, 0.25) is 11.8 Å². The normalized spacial score (nSPS) is 16.4. The summed E-state index contributed by atoms with van der Waals surface area (Å²) in [6.45, 7) is 0. The van der Waals surface area contributed by atoms with Gasteiger partial charge in [-0.25, -0.2) is 4.79 Å². The van der Waals surface area contributed by atoms with Gasteiger partial charge in [-0.2, -0.15) is 0 Å². The number of carboxylic acids is 1. The van der Waals surface area contributed by atoms with Crippen LogP contribution in [0.3, 0.4) is 0 Å². The quantitative estimate of drug-likeness (QED) is 0.845. The molecule has 2 amide bonds. The predicted molar refractivity (Wildman–Crippen MR) is 69.4 cm³/mol. The molecule has 1 N–H and O–H groups in total. The van der Waals surface area contributed by atoms with Gasteiger partial charge in [0, 0.05) is 17.9 Å². The standard InChI is InChI=1S/C13H12ClNO4/c14-9-5-8(13(18)19)6-10(7-9)15-11(16)3-1-2-4-12(15)17/h5-7H,1-4H2,(H,18,19). The highest BCUT2D eigenvalue weighted by atomic mass is 35.5. The molecule has 100 valence electrons. The van der Waals surface area contributed by atoms with Gasteiger partial charge in [-0.3, -0.25) is 14.5 Å². The van der Waals surface area contributed by atoms with Crippen LogP contribution < -0.4 is 4.90 Å². The van der Waals surface area contributed by atoms with Gasteiger partial charge in [0.05, 0.1) is 11.3 Å². The SMILES string of the molecule is O=C(O)c1cc(Cl)cc(N2C(=O)CCCCC2=O)c1. The van der Waals surface area contributed by atoms with Crippen molar-refractivity contribution in [3.63, 3.8) is 0 Å². The molecule has 19 heavy (non-hydrogen) atoms. The maximum atomic E-state index is 11.9. The minimum Gasteiger partial charge on any atom is -0.478 e. The predicted octanol–water partition coefficient (Wildman–Crippen LogP) is 2.47. The van der Waals surface area contributed by atoms with Gasteiger partial charge in [0.1, 0.15) is 0 Å². The summed E-state index contributed by atoms with van der Waals surface area (Å²) >= 11 is 5.84. The van der Waals surface area contributed by atoms with E-state index in [1.165, 1.54) is 18.2 Å². The molecule has 1 aliphatic heterocycles. The summed E-state index contributed by atoms with van der Waals surface area (Å²) in [4.78, 5) is 35.9. The zero-order valence-corrected chi connectivity index (χ0v) is 10.8. The number of amides is 2. The lowest BCUT2D eigenvalue weighted by atomic mass is 10.1. The van der Waals surface area contributed by atoms with Crippen molar-refractivity contribution in [2.45, 2.75) is 25.7 Å². The Bertz CT molecular complexity index is 538. The number of benzene rings is 1. The molecule has 0 unspecified atom stereocenters. The van der Waals surface area contributed by atoms with Gasteiger partial charge in [-0.05, 0) is 31.0 Å². The van der Waals surface area contributed by atoms with Crippen molar-refractivity contribution < 1.29 is 19.5 Å². The van der Waals surface area contributed by atoms with Gasteiger partial charge in [0.25, 0.3) is 0 Å². The molecular weight excluding hydrogens is 270 g/mol. The highest BCUT2D eigenvalue weighted by Crippen LogP contribution is 2.26. The number of rotatable bonds is 2. The van der Waals surface area contributed by atoms with Gasteiger partial charge < -0.3 is 5.11 Å². The number of hydrogen-bond acceptors (Lipinski definition) is 3. The van der Waals surface area contributed by atoms with Crippen molar-refractivity contribution in [3.8, 4) is 0 Å². The monoisotopic (exact) mass is 281 g/mol. The highest BCUT2D eigenvalue weighted by molar-refractivity contribution is 6.31. The van der Waals surface area contributed by atoms with Crippen LogP contribution in [0.15, 0.2) is 18.2 Å². The van der Waals surface area contributed by atoms with Crippen LogP contribution in [-0.2, 0) is 9.59 Å². The molecule has 1 aromatic carbocycles. The van der Waals surface area contributed by atoms with Crippen molar-refractivity contribution in [2.75, 3.05) is 4.90 Å². The molecule has 5 nitrogen and oxygen atoms in total. The van der Waals surface area contributed by atoms with Crippen LogP contribution in [0.2, 0.25) is 5.02 Å². The number of hydrogen-bond donors (Lipinski definition) is 1. The van der Waals surface area contributed by atoms with Crippen LogP contribution in [0.5, 0.6) is 0 Å². The number of aromatic carboxylic acids is 1. The molecule has 1 heterocycles. The van der Waals surface area contributed by atoms with Crippen LogP contribution in [0.1, 0.15) is 36.0 Å². The minimum absolute atomic E-state index is 0.0488. The Labute approximate surface area is 114 Å². The van der Waals surface area contributed by atoms with E-state index in [2.05, 4.69) is 0 Å². The van der Waals surface area contributed by atoms with E-state index >= 15 is 0 Å². The summed E-state index contributed by atoms with van der Waals surface area (Å²) in [6.07, 6.45) is 1.88. The Hall–Kier alpha value is -1.88. The summed E-state index contributed by atoms with van der Waals surface area (Å²) in [5.74, 6) is -1.79. The van der Waals surface area contributed by atoms with Crippen LogP contribution in [-0.4, -0.2) is 22.9 Å². The summed E-state index contributed by atoms with van der Waals surface area (Å²) in [6, 6.07) is 3.99. The average Bonchev–Trinajstić information content (AvgIpc) is 2.49. The Morgan fingerprint density at radius 3 is 2.21 bits per heavy atom. The topological polar surface area (TPSA) is 74.7 Å². The Kier molecular flexibility index (Phi) is 3.85. The van der Waals surface area contributed by atoms with Crippen LogP contribution in [0.4, 0.5) is 5.69 Å². The molecular formula is C13H12ClNO4. The zero-order valence-electron chi connectivity index (χ0n) is 10.1. The molecule has 0 bridgehead atoms. The first-order valence-electron chi connectivity index (χ1n) is 5.88. The minimum atomic E-state index is -1.15. The molecule has 1 aromatic rings. The van der Waals surface area contributed by atoms with E-state index in [4.69, 9.17) is 16.7 Å². The second-order valence-electron chi connectivity index (χ2n) is 4.33. The molecule has 0 radical (unpaired) electrons. The molecule has 0 atom stereocenters. The number of carbonyl (C=O) groups is 3. The molecule has 6 heteroatoms. The fourth-order valence-corrected chi connectivity index (χ4v) is 2.26. The first-order chi connectivity index (χ1) is 8.99. The van der Waals surface area contributed by atoms with E-state index in [9.17, 15) is 14.4 Å². The number of anilines is 1. The van der Waals surface area contributed by atoms with Gasteiger partial charge in [-0.15, -0.1) is 0 Å². The molecule has 1 fully saturated rings. The van der Waals surface area contributed by atoms with Crippen LogP contribution >= 0.6 is 11.6 Å². The van der Waals surface area contributed by atoms with E-state index in [1.807, 2.05) is 0 Å². The smallest absolute Gasteiger partial charge is 0.335 e. The van der Waals surface area contributed by atoms with Crippen LogP contribution in [0, 0.1) is 0 Å². The Morgan fingerprint density at radius 1 is 1.11 bits per heavy atom. The maximum absolute atomic E-state index is 11.9. The van der Waals surface area contributed by atoms with Crippen molar-refractivity contribution in [1.29, 1.82) is 0 Å². The number of carbonyl (C=O) groups excluding carboxylic acids is 2. The second-order valence-corrected chi connectivity index (χ2v) is 4.77. The Morgan fingerprint density at radius 2 is 1.68 bits per heavy atom. The Balaban J connectivity index is 2.46. The van der Waals surface area contributed by atoms with E-state index in [0.717, 1.165) is 4.90 Å². The molecule has 0 aliphatic carbocycles. The third-order valence-corrected chi connectivity index (χ3v) is 3.14. The third-order valence-electron chi connectivity index (χ3n) is 2.92. The van der Waals surface area contributed by atoms with Crippen molar-refractivity contribution in [1.82, 2.24) is 0 Å². The second kappa shape index (κ2) is 5.40. The fourth-order valence-electron chi connectivity index (χ4n) is 2.03. The first-order valence-corrected chi connectivity index (χ1v) is 6.26. The number of imide groups is 1. The lowest BCUT2D eigenvalue weighted by Crippen LogP contribution is -2.35. The largest absolute Gasteiger partial charge is 0.478 e. The van der Waals surface area contributed by atoms with Crippen molar-refractivity contribution >= 4 is 35.1 Å². The van der Waals surface area contributed by atoms with Crippen LogP contribution in [0.25, 0.3) is 0 Å². The molecule has 1 saturated heterocycles. The lowest BCUT2D eigenvalue weighted by Gasteiger charge is -2.19. The third kappa shape index (κ3) is 2.93. The summed E-state index contributed by atoms with van der Waals surface area (Å²) in [7, 11) is 0. The highest BCUT2D eigenvalue weighted by Gasteiger charge is 2.26. The van der Waals surface area contributed by atoms with Gasteiger partial charge in [0.15, 0.2) is 0 Å². The molecule has 1 aliphatic rings. The van der Waals surface area contributed by atoms with Crippen molar-refractivity contribution in [3.05, 3.63) is 28.8 Å². The van der Waals surface area contributed by atoms with Gasteiger partial charge >= 0.3 is 5.97 Å². The molecule has 0 saturated carbocycles. The number of nitrogens with zero attached hydrogens (tertiary/aromatic N) is 1.